The molecular weight excluding hydrogens is 452 g/mol. The van der Waals surface area contributed by atoms with Gasteiger partial charge < -0.3 is 9.30 Å². The summed E-state index contributed by atoms with van der Waals surface area (Å²) in [6.45, 7) is 3.74. The number of hydrogen-bond acceptors (Lipinski definition) is 5. The van der Waals surface area contributed by atoms with Gasteiger partial charge in [0.05, 0.1) is 21.7 Å². The first-order valence-electron chi connectivity index (χ1n) is 8.12. The Balaban J connectivity index is 2.18. The molecule has 9 heteroatoms. The van der Waals surface area contributed by atoms with Crippen molar-refractivity contribution in [3.63, 3.8) is 0 Å². The molecule has 0 N–H and O–H groups in total. The molecule has 0 radical (unpaired) electrons. The summed E-state index contributed by atoms with van der Waals surface area (Å²) in [6, 6.07) is 12.0. The molecule has 0 amide bonds. The molecule has 0 aliphatic heterocycles. The Morgan fingerprint density at radius 2 is 1.93 bits per heavy atom. The SMILES string of the molecule is CCOC(=O)Cn1c(=NS(=O)(=O)c2ccc(C)cc2)sc2cc(Br)ccc21. The molecule has 1 aromatic heterocycles. The fourth-order valence-electron chi connectivity index (χ4n) is 2.47. The molecule has 0 unspecified atom stereocenters. The summed E-state index contributed by atoms with van der Waals surface area (Å²) < 4.78 is 37.7. The van der Waals surface area contributed by atoms with Crippen molar-refractivity contribution in [2.45, 2.75) is 25.3 Å². The van der Waals surface area contributed by atoms with Gasteiger partial charge >= 0.3 is 5.97 Å². The molecule has 0 aliphatic carbocycles. The van der Waals surface area contributed by atoms with Crippen molar-refractivity contribution in [1.29, 1.82) is 0 Å². The fraction of sp³-hybridized carbons (Fsp3) is 0.222. The summed E-state index contributed by atoms with van der Waals surface area (Å²) in [7, 11) is -3.91. The zero-order chi connectivity index (χ0) is 19.6. The van der Waals surface area contributed by atoms with Gasteiger partial charge in [0, 0.05) is 4.47 Å². The maximum absolute atomic E-state index is 12.7. The van der Waals surface area contributed by atoms with Crippen molar-refractivity contribution in [2.24, 2.45) is 4.40 Å². The average molecular weight is 469 g/mol. The van der Waals surface area contributed by atoms with E-state index >= 15 is 0 Å². The third kappa shape index (κ3) is 4.48. The molecule has 27 heavy (non-hydrogen) atoms. The Kier molecular flexibility index (Phi) is 5.83. The lowest BCUT2D eigenvalue weighted by Gasteiger charge is -2.05. The number of carbonyl (C=O) groups excluding carboxylic acids is 1. The first-order valence-corrected chi connectivity index (χ1v) is 11.2. The summed E-state index contributed by atoms with van der Waals surface area (Å²) in [5.41, 5.74) is 1.67. The van der Waals surface area contributed by atoms with E-state index in [-0.39, 0.29) is 22.8 Å². The molecule has 0 bridgehead atoms. The van der Waals surface area contributed by atoms with Crippen LogP contribution in [-0.4, -0.2) is 25.6 Å². The monoisotopic (exact) mass is 468 g/mol. The molecule has 142 valence electrons. The van der Waals surface area contributed by atoms with Crippen LogP contribution in [0.2, 0.25) is 0 Å². The van der Waals surface area contributed by atoms with E-state index in [1.54, 1.807) is 23.6 Å². The summed E-state index contributed by atoms with van der Waals surface area (Å²) in [5, 5.41) is 0. The molecule has 2 aromatic carbocycles. The van der Waals surface area contributed by atoms with Crippen LogP contribution in [0.5, 0.6) is 0 Å². The van der Waals surface area contributed by atoms with Gasteiger partial charge in [-0.3, -0.25) is 4.79 Å². The van der Waals surface area contributed by atoms with Crippen LogP contribution in [0.1, 0.15) is 12.5 Å². The summed E-state index contributed by atoms with van der Waals surface area (Å²) in [5.74, 6) is -0.450. The Morgan fingerprint density at radius 3 is 2.59 bits per heavy atom. The number of rotatable bonds is 5. The van der Waals surface area contributed by atoms with Crippen LogP contribution in [0.3, 0.4) is 0 Å². The normalized spacial score (nSPS) is 12.5. The number of halogens is 1. The first kappa shape index (κ1) is 19.8. The van der Waals surface area contributed by atoms with E-state index < -0.39 is 16.0 Å². The van der Waals surface area contributed by atoms with E-state index in [0.717, 1.165) is 14.7 Å². The maximum atomic E-state index is 12.7. The number of aryl methyl sites for hydroxylation is 1. The number of nitrogens with zero attached hydrogens (tertiary/aromatic N) is 2. The minimum Gasteiger partial charge on any atom is -0.465 e. The third-order valence-corrected chi connectivity index (χ3v) is 6.69. The van der Waals surface area contributed by atoms with Crippen LogP contribution in [-0.2, 0) is 26.1 Å². The Morgan fingerprint density at radius 1 is 1.22 bits per heavy atom. The van der Waals surface area contributed by atoms with Gasteiger partial charge in [0.15, 0.2) is 0 Å². The van der Waals surface area contributed by atoms with Crippen LogP contribution in [0.15, 0.2) is 56.2 Å². The van der Waals surface area contributed by atoms with E-state index in [2.05, 4.69) is 20.3 Å². The number of carbonyl (C=O) groups is 1. The van der Waals surface area contributed by atoms with Crippen molar-refractivity contribution in [1.82, 2.24) is 4.57 Å². The number of benzene rings is 2. The topological polar surface area (TPSA) is 77.7 Å². The highest BCUT2D eigenvalue weighted by Gasteiger charge is 2.16. The zero-order valence-corrected chi connectivity index (χ0v) is 17.9. The van der Waals surface area contributed by atoms with E-state index in [4.69, 9.17) is 4.74 Å². The number of ether oxygens (including phenoxy) is 1. The standard InChI is InChI=1S/C18H17BrN2O4S2/c1-3-25-17(22)11-21-15-9-6-13(19)10-16(15)26-18(21)20-27(23,24)14-7-4-12(2)5-8-14/h4-10H,3,11H2,1-2H3. The number of hydrogen-bond donors (Lipinski definition) is 0. The molecule has 0 aliphatic rings. The van der Waals surface area contributed by atoms with Gasteiger partial charge in [-0.2, -0.15) is 8.42 Å². The Bertz CT molecular complexity index is 1160. The Labute approximate surface area is 169 Å². The molecule has 0 atom stereocenters. The maximum Gasteiger partial charge on any atom is 0.326 e. The van der Waals surface area contributed by atoms with Gasteiger partial charge in [-0.15, -0.1) is 4.40 Å². The van der Waals surface area contributed by atoms with Gasteiger partial charge in [0.1, 0.15) is 6.54 Å². The number of thiazole rings is 1. The van der Waals surface area contributed by atoms with Crippen LogP contribution < -0.4 is 4.80 Å². The lowest BCUT2D eigenvalue weighted by atomic mass is 10.2. The highest BCUT2D eigenvalue weighted by Crippen LogP contribution is 2.23. The zero-order valence-electron chi connectivity index (χ0n) is 14.7. The van der Waals surface area contributed by atoms with Crippen molar-refractivity contribution in [3.05, 3.63) is 57.3 Å². The van der Waals surface area contributed by atoms with Crippen LogP contribution in [0.25, 0.3) is 10.2 Å². The molecule has 1 heterocycles. The molecule has 3 aromatic rings. The molecule has 0 saturated heterocycles. The van der Waals surface area contributed by atoms with E-state index in [9.17, 15) is 13.2 Å². The average Bonchev–Trinajstić information content (AvgIpc) is 2.91. The molecule has 0 spiro atoms. The van der Waals surface area contributed by atoms with E-state index in [1.807, 2.05) is 25.1 Å². The largest absolute Gasteiger partial charge is 0.465 e. The summed E-state index contributed by atoms with van der Waals surface area (Å²) >= 11 is 4.61. The third-order valence-electron chi connectivity index (χ3n) is 3.75. The summed E-state index contributed by atoms with van der Waals surface area (Å²) in [4.78, 5) is 12.3. The predicted octanol–water partition coefficient (Wildman–Crippen LogP) is 3.63. The van der Waals surface area contributed by atoms with E-state index in [1.165, 1.54) is 23.5 Å². The van der Waals surface area contributed by atoms with Crippen molar-refractivity contribution in [2.75, 3.05) is 6.61 Å². The quantitative estimate of drug-likeness (QED) is 0.535. The van der Waals surface area contributed by atoms with E-state index in [0.29, 0.717) is 5.52 Å². The highest BCUT2D eigenvalue weighted by molar-refractivity contribution is 9.10. The molecule has 6 nitrogen and oxygen atoms in total. The number of sulfonamides is 1. The fourth-order valence-corrected chi connectivity index (χ4v) is 5.26. The number of fused-ring (bicyclic) bond motifs is 1. The molecule has 0 fully saturated rings. The minimum atomic E-state index is -3.91. The number of esters is 1. The van der Waals surface area contributed by atoms with Crippen molar-refractivity contribution >= 4 is 53.5 Å². The second-order valence-corrected chi connectivity index (χ2v) is 9.30. The molecular formula is C18H17BrN2O4S2. The van der Waals surface area contributed by atoms with Gasteiger partial charge in [-0.25, -0.2) is 0 Å². The van der Waals surface area contributed by atoms with Gasteiger partial charge in [0.25, 0.3) is 10.0 Å². The van der Waals surface area contributed by atoms with Crippen molar-refractivity contribution < 1.29 is 17.9 Å². The van der Waals surface area contributed by atoms with Crippen LogP contribution >= 0.6 is 27.3 Å². The lowest BCUT2D eigenvalue weighted by Crippen LogP contribution is -2.23. The smallest absolute Gasteiger partial charge is 0.326 e. The van der Waals surface area contributed by atoms with Gasteiger partial charge in [-0.05, 0) is 44.2 Å². The minimum absolute atomic E-state index is 0.106. The first-order chi connectivity index (χ1) is 12.8. The van der Waals surface area contributed by atoms with Crippen LogP contribution in [0, 0.1) is 6.92 Å². The van der Waals surface area contributed by atoms with Gasteiger partial charge in [-0.1, -0.05) is 45.0 Å². The summed E-state index contributed by atoms with van der Waals surface area (Å²) in [6.07, 6.45) is 0. The van der Waals surface area contributed by atoms with Crippen molar-refractivity contribution in [3.8, 4) is 0 Å². The number of aromatic nitrogens is 1. The highest BCUT2D eigenvalue weighted by atomic mass is 79.9. The second-order valence-electron chi connectivity index (χ2n) is 5.77. The second kappa shape index (κ2) is 7.95. The molecule has 3 rings (SSSR count). The van der Waals surface area contributed by atoms with Gasteiger partial charge in [0.2, 0.25) is 4.80 Å². The Hall–Kier alpha value is -1.97. The van der Waals surface area contributed by atoms with Crippen LogP contribution in [0.4, 0.5) is 0 Å². The predicted molar refractivity (Wildman–Crippen MR) is 108 cm³/mol. The molecule has 0 saturated carbocycles. The lowest BCUT2D eigenvalue weighted by molar-refractivity contribution is -0.143.